The van der Waals surface area contributed by atoms with Gasteiger partial charge in [-0.2, -0.15) is 0 Å². The first-order chi connectivity index (χ1) is 28.8. The molecule has 2 spiro atoms. The number of hydrogen-bond acceptors (Lipinski definition) is 10. The number of nitrogens with one attached hydrogen (secondary N) is 1. The van der Waals surface area contributed by atoms with Gasteiger partial charge in [0.15, 0.2) is 0 Å². The molecule has 12 nitrogen and oxygen atoms in total. The number of piperidine rings is 1. The lowest BCUT2D eigenvalue weighted by Gasteiger charge is -2.65. The van der Waals surface area contributed by atoms with Gasteiger partial charge >= 0.3 is 12.1 Å². The highest BCUT2D eigenvalue weighted by Crippen LogP contribution is 2.73. The summed E-state index contributed by atoms with van der Waals surface area (Å²) in [5.74, 6) is -0.268. The molecule has 2 amide bonds. The summed E-state index contributed by atoms with van der Waals surface area (Å²) in [7, 11) is 5.15. The van der Waals surface area contributed by atoms with Gasteiger partial charge < -0.3 is 29.2 Å². The number of rotatable bonds is 6. The Hall–Kier alpha value is -4.65. The third-order valence-electron chi connectivity index (χ3n) is 16.9. The number of carbonyl (C=O) groups excluding carboxylic acids is 3. The molecule has 3 aromatic rings. The van der Waals surface area contributed by atoms with Crippen LogP contribution in [0.15, 0.2) is 60.8 Å². The molecular weight excluding hydrogens is 759 g/mol. The molecule has 7 aliphatic rings. The van der Waals surface area contributed by atoms with E-state index in [1.165, 1.54) is 13.3 Å². The summed E-state index contributed by atoms with van der Waals surface area (Å²) in [6.45, 7) is 11.8. The summed E-state index contributed by atoms with van der Waals surface area (Å²) in [4.78, 5) is 56.7. The van der Waals surface area contributed by atoms with Crippen molar-refractivity contribution >= 4 is 34.6 Å². The van der Waals surface area contributed by atoms with Crippen molar-refractivity contribution in [3.8, 4) is 5.75 Å². The fourth-order valence-corrected chi connectivity index (χ4v) is 14.3. The number of carbonyl (C=O) groups is 3. The van der Waals surface area contributed by atoms with Gasteiger partial charge in [0.1, 0.15) is 11.2 Å². The third-order valence-corrected chi connectivity index (χ3v) is 16.9. The van der Waals surface area contributed by atoms with Gasteiger partial charge in [-0.3, -0.25) is 19.4 Å². The number of H-pyrrole nitrogens is 1. The van der Waals surface area contributed by atoms with Crippen molar-refractivity contribution in [3.05, 3.63) is 83.2 Å². The number of aliphatic hydroxyl groups is 1. The molecule has 1 saturated carbocycles. The highest BCUT2D eigenvalue weighted by Gasteiger charge is 2.84. The van der Waals surface area contributed by atoms with Crippen LogP contribution >= 0.6 is 0 Å². The summed E-state index contributed by atoms with van der Waals surface area (Å²) in [6.07, 6.45) is 11.1. The predicted molar refractivity (Wildman–Crippen MR) is 228 cm³/mol. The van der Waals surface area contributed by atoms with E-state index < -0.39 is 45.0 Å². The van der Waals surface area contributed by atoms with Crippen molar-refractivity contribution in [2.24, 2.45) is 11.3 Å². The number of fused-ring (bicyclic) bond motifs is 7. The van der Waals surface area contributed by atoms with Crippen LogP contribution in [0.3, 0.4) is 0 Å². The van der Waals surface area contributed by atoms with E-state index in [1.54, 1.807) is 20.1 Å². The SMILES string of the molecule is C/C=C/N1C(=O)OC2(C[C@]3(CC)C=CCN4CCC5(c6cc(C7(C(=O)OC)C[C@@H]8CN(CCc9c7[nH]c7ccccc97)C[C@](O)(CC)C8)c(OC)cc6N(C)[C@@]25C)[C@@H]43)C1=O. The van der Waals surface area contributed by atoms with Crippen LogP contribution in [0.4, 0.5) is 10.5 Å². The Balaban J connectivity index is 1.29. The van der Waals surface area contributed by atoms with Crippen LogP contribution in [0.1, 0.15) is 88.6 Å². The maximum Gasteiger partial charge on any atom is 0.421 e. The van der Waals surface area contributed by atoms with E-state index in [4.69, 9.17) is 14.2 Å². The molecule has 4 unspecified atom stereocenters. The number of nitrogens with zero attached hydrogens (tertiary/aromatic N) is 4. The standard InChI is InChI=1S/C48H59N5O7/c1-8-19-53-40(54)48(60-42(53)56)28-44(9-2)17-13-20-52-22-18-47(39(44)52)33-23-34(37(58-6)24-36(33)50(5)43(47,48)4)46(41(55)59-7)26-30-25-45(57,10-3)29-51(27-30)21-16-32-31-14-11-12-15-35(31)49-38(32)46/h8,11-15,17,19,23-24,30,39,49,57H,9-10,16,18,20-22,25-29H2,1-7H3/b19-8+/t30-,39+,43-,44+,45+,46?,47?,48?/m1/s1. The molecule has 318 valence electrons. The Bertz CT molecular complexity index is 2390. The second-order valence-corrected chi connectivity index (χ2v) is 19.1. The van der Waals surface area contributed by atoms with Crippen LogP contribution in [-0.4, -0.2) is 120 Å². The van der Waals surface area contributed by atoms with E-state index in [0.717, 1.165) is 70.9 Å². The van der Waals surface area contributed by atoms with Gasteiger partial charge in [-0.1, -0.05) is 50.3 Å². The monoisotopic (exact) mass is 817 g/mol. The molecule has 4 fully saturated rings. The van der Waals surface area contributed by atoms with Crippen LogP contribution in [-0.2, 0) is 36.3 Å². The largest absolute Gasteiger partial charge is 0.496 e. The Morgan fingerprint density at radius 1 is 1.08 bits per heavy atom. The molecule has 1 aliphatic carbocycles. The van der Waals surface area contributed by atoms with E-state index >= 15 is 9.59 Å². The van der Waals surface area contributed by atoms with E-state index in [9.17, 15) is 9.90 Å². The molecule has 2 aromatic carbocycles. The molecule has 2 N–H and O–H groups in total. The molecule has 60 heavy (non-hydrogen) atoms. The number of allylic oxidation sites excluding steroid dienone is 1. The van der Waals surface area contributed by atoms with Crippen LogP contribution in [0.2, 0.25) is 0 Å². The summed E-state index contributed by atoms with van der Waals surface area (Å²) in [5.41, 5.74) is -0.667. The number of aromatic amines is 1. The Labute approximate surface area is 352 Å². The molecule has 6 aliphatic heterocycles. The topological polar surface area (TPSA) is 128 Å². The van der Waals surface area contributed by atoms with Crippen molar-refractivity contribution < 1.29 is 33.7 Å². The second kappa shape index (κ2) is 13.2. The van der Waals surface area contributed by atoms with E-state index in [1.807, 2.05) is 26.1 Å². The zero-order valence-corrected chi connectivity index (χ0v) is 36.1. The quantitative estimate of drug-likeness (QED) is 0.220. The summed E-state index contributed by atoms with van der Waals surface area (Å²) < 4.78 is 19.1. The fourth-order valence-electron chi connectivity index (χ4n) is 14.3. The van der Waals surface area contributed by atoms with E-state index in [2.05, 4.69) is 69.9 Å². The fraction of sp³-hybridized carbons (Fsp3) is 0.562. The Morgan fingerprint density at radius 2 is 1.88 bits per heavy atom. The molecule has 2 bridgehead atoms. The first-order valence-corrected chi connectivity index (χ1v) is 22.0. The third kappa shape index (κ3) is 4.65. The number of hydrogen-bond donors (Lipinski definition) is 2. The number of methoxy groups -OCH3 is 2. The van der Waals surface area contributed by atoms with Crippen molar-refractivity contribution in [2.75, 3.05) is 58.9 Å². The minimum atomic E-state index is -1.53. The molecule has 0 radical (unpaired) electrons. The number of ether oxygens (including phenoxy) is 3. The zero-order chi connectivity index (χ0) is 42.2. The number of aromatic nitrogens is 1. The lowest BCUT2D eigenvalue weighted by molar-refractivity contribution is -0.164. The first-order valence-electron chi connectivity index (χ1n) is 22.0. The van der Waals surface area contributed by atoms with Gasteiger partial charge in [-0.05, 0) is 88.1 Å². The average molecular weight is 818 g/mol. The van der Waals surface area contributed by atoms with Crippen molar-refractivity contribution in [2.45, 2.75) is 106 Å². The lowest BCUT2D eigenvalue weighted by Crippen LogP contribution is -2.80. The molecule has 12 heteroatoms. The zero-order valence-electron chi connectivity index (χ0n) is 36.1. The lowest BCUT2D eigenvalue weighted by atomic mass is 9.44. The number of para-hydroxylation sites is 1. The molecule has 9 atom stereocenters. The normalized spacial score (nSPS) is 38.0. The van der Waals surface area contributed by atoms with Crippen LogP contribution in [0.25, 0.3) is 10.9 Å². The first kappa shape index (κ1) is 39.5. The van der Waals surface area contributed by atoms with Crippen LogP contribution in [0, 0.1) is 11.3 Å². The van der Waals surface area contributed by atoms with Gasteiger partial charge in [0, 0.05) is 96.6 Å². The van der Waals surface area contributed by atoms with Gasteiger partial charge in [-0.15, -0.1) is 0 Å². The minimum absolute atomic E-state index is 0.0347. The molecule has 10 rings (SSSR count). The van der Waals surface area contributed by atoms with E-state index in [0.29, 0.717) is 56.4 Å². The number of anilines is 1. The number of likely N-dealkylation sites (N-methyl/N-ethyl adjacent to an activating group) is 1. The Morgan fingerprint density at radius 3 is 2.62 bits per heavy atom. The van der Waals surface area contributed by atoms with Crippen molar-refractivity contribution in [3.63, 3.8) is 0 Å². The van der Waals surface area contributed by atoms with Crippen LogP contribution < -0.4 is 9.64 Å². The van der Waals surface area contributed by atoms with E-state index in [-0.39, 0.29) is 17.9 Å². The van der Waals surface area contributed by atoms with Crippen molar-refractivity contribution in [1.29, 1.82) is 0 Å². The number of esters is 1. The molecule has 7 heterocycles. The Kier molecular flexibility index (Phi) is 8.67. The number of amides is 2. The maximum atomic E-state index is 15.4. The minimum Gasteiger partial charge on any atom is -0.496 e. The highest BCUT2D eigenvalue weighted by atomic mass is 16.6. The average Bonchev–Trinajstić information content (AvgIpc) is 3.96. The molecule has 1 aromatic heterocycles. The highest BCUT2D eigenvalue weighted by molar-refractivity contribution is 6.06. The van der Waals surface area contributed by atoms with Gasteiger partial charge in [0.25, 0.3) is 5.91 Å². The number of imide groups is 1. The van der Waals surface area contributed by atoms with Crippen molar-refractivity contribution in [1.82, 2.24) is 19.7 Å². The summed E-state index contributed by atoms with van der Waals surface area (Å²) >= 11 is 0. The van der Waals surface area contributed by atoms with Gasteiger partial charge in [0.2, 0.25) is 5.60 Å². The molecular formula is C48H59N5O7. The second-order valence-electron chi connectivity index (χ2n) is 19.1. The maximum absolute atomic E-state index is 15.4. The predicted octanol–water partition coefficient (Wildman–Crippen LogP) is 6.19. The van der Waals surface area contributed by atoms with Crippen LogP contribution in [0.5, 0.6) is 5.75 Å². The van der Waals surface area contributed by atoms with Gasteiger partial charge in [0.05, 0.1) is 25.4 Å². The molecule has 3 saturated heterocycles. The number of benzene rings is 2. The smallest absolute Gasteiger partial charge is 0.421 e. The summed E-state index contributed by atoms with van der Waals surface area (Å²) in [6, 6.07) is 12.5. The van der Waals surface area contributed by atoms with Gasteiger partial charge in [-0.25, -0.2) is 9.69 Å². The summed E-state index contributed by atoms with van der Waals surface area (Å²) in [5, 5.41) is 13.1.